The molecule has 6 heteroatoms. The molecule has 2 aromatic carbocycles. The van der Waals surface area contributed by atoms with Crippen LogP contribution in [0.1, 0.15) is 29.2 Å². The number of fused-ring (bicyclic) bond motifs is 2. The van der Waals surface area contributed by atoms with Gasteiger partial charge in [-0.2, -0.15) is 0 Å². The van der Waals surface area contributed by atoms with Gasteiger partial charge in [-0.05, 0) is 51.1 Å². The van der Waals surface area contributed by atoms with E-state index in [9.17, 15) is 13.2 Å². The molecule has 1 aliphatic heterocycles. The van der Waals surface area contributed by atoms with Gasteiger partial charge in [-0.1, -0.05) is 12.1 Å². The molecule has 132 valence electrons. The Labute approximate surface area is 147 Å². The van der Waals surface area contributed by atoms with E-state index in [1.807, 2.05) is 26.0 Å². The van der Waals surface area contributed by atoms with E-state index in [1.165, 1.54) is 6.92 Å². The minimum Gasteiger partial charge on any atom is -0.454 e. The molecule has 5 nitrogen and oxygen atoms in total. The van der Waals surface area contributed by atoms with Crippen LogP contribution in [0.25, 0.3) is 0 Å². The molecule has 0 fully saturated rings. The van der Waals surface area contributed by atoms with E-state index in [0.717, 1.165) is 16.7 Å². The van der Waals surface area contributed by atoms with Crippen LogP contribution in [-0.2, 0) is 27.6 Å². The van der Waals surface area contributed by atoms with Gasteiger partial charge >= 0.3 is 0 Å². The van der Waals surface area contributed by atoms with Gasteiger partial charge in [0.15, 0.2) is 5.75 Å². The summed E-state index contributed by atoms with van der Waals surface area (Å²) in [4.78, 5) is 11.9. The molecule has 0 saturated carbocycles. The van der Waals surface area contributed by atoms with E-state index in [0.29, 0.717) is 17.9 Å². The average molecular weight is 359 g/mol. The van der Waals surface area contributed by atoms with E-state index in [1.54, 1.807) is 19.2 Å². The van der Waals surface area contributed by atoms with Crippen molar-refractivity contribution in [2.45, 2.75) is 43.5 Å². The molecule has 3 rings (SSSR count). The number of nitrogens with one attached hydrogen (secondary N) is 1. The fourth-order valence-electron chi connectivity index (χ4n) is 3.20. The molecule has 0 amide bonds. The van der Waals surface area contributed by atoms with Gasteiger partial charge in [-0.3, -0.25) is 4.79 Å². The summed E-state index contributed by atoms with van der Waals surface area (Å²) in [5.74, 6) is 0.578. The minimum absolute atomic E-state index is 0.0426. The van der Waals surface area contributed by atoms with Gasteiger partial charge in [-0.25, -0.2) is 8.42 Å². The highest BCUT2D eigenvalue weighted by molar-refractivity contribution is 7.91. The Hall–Kier alpha value is -2.18. The Morgan fingerprint density at radius 2 is 1.52 bits per heavy atom. The van der Waals surface area contributed by atoms with Crippen molar-refractivity contribution in [3.8, 4) is 11.5 Å². The molecule has 1 N–H and O–H groups in total. The first-order chi connectivity index (χ1) is 11.7. The second-order valence-electron chi connectivity index (χ2n) is 6.52. The number of hydrogen-bond donors (Lipinski definition) is 1. The number of aryl methyl sites for hydroxylation is 2. The lowest BCUT2D eigenvalue weighted by atomic mass is 10.0. The Morgan fingerprint density at radius 1 is 1.00 bits per heavy atom. The molecule has 2 aromatic rings. The largest absolute Gasteiger partial charge is 0.454 e. The second-order valence-corrected chi connectivity index (χ2v) is 8.40. The number of benzene rings is 2. The molecule has 0 bridgehead atoms. The summed E-state index contributed by atoms with van der Waals surface area (Å²) in [5.41, 5.74) is 3.03. The van der Waals surface area contributed by atoms with Crippen molar-refractivity contribution in [2.75, 3.05) is 7.05 Å². The zero-order valence-corrected chi connectivity index (χ0v) is 15.6. The maximum atomic E-state index is 13.2. The minimum atomic E-state index is -3.71. The van der Waals surface area contributed by atoms with Crippen molar-refractivity contribution >= 4 is 15.6 Å². The van der Waals surface area contributed by atoms with Gasteiger partial charge < -0.3 is 10.1 Å². The van der Waals surface area contributed by atoms with Crippen molar-refractivity contribution in [1.29, 1.82) is 0 Å². The topological polar surface area (TPSA) is 72.5 Å². The number of ether oxygens (including phenoxy) is 1. The molecule has 25 heavy (non-hydrogen) atoms. The Morgan fingerprint density at radius 3 is 2.04 bits per heavy atom. The van der Waals surface area contributed by atoms with Gasteiger partial charge in [0.05, 0.1) is 0 Å². The number of hydrogen-bond acceptors (Lipinski definition) is 5. The maximum Gasteiger partial charge on any atom is 0.213 e. The summed E-state index contributed by atoms with van der Waals surface area (Å²) in [7, 11) is -1.91. The van der Waals surface area contributed by atoms with Crippen LogP contribution in [0, 0.1) is 13.8 Å². The van der Waals surface area contributed by atoms with Crippen molar-refractivity contribution in [2.24, 2.45) is 0 Å². The number of carbonyl (C=O) groups is 1. The lowest BCUT2D eigenvalue weighted by molar-refractivity contribution is -0.116. The summed E-state index contributed by atoms with van der Waals surface area (Å²) in [6, 6.07) is 6.97. The monoisotopic (exact) mass is 359 g/mol. The third kappa shape index (κ3) is 3.07. The van der Waals surface area contributed by atoms with Crippen LogP contribution in [0.2, 0.25) is 0 Å². The van der Waals surface area contributed by atoms with Gasteiger partial charge in [-0.15, -0.1) is 0 Å². The summed E-state index contributed by atoms with van der Waals surface area (Å²) in [5, 5.41) is 3.04. The standard InChI is InChI=1S/C19H21NO4S/c1-11-5-14(9-13(3)21)18-16(7-11)25(22,23)17-8-12(2)6-15(10-20-4)19(17)24-18/h5-8,20H,9-10H2,1-4H3. The second kappa shape index (κ2) is 6.28. The molecule has 0 saturated heterocycles. The molecular weight excluding hydrogens is 338 g/mol. The molecular formula is C19H21NO4S. The van der Waals surface area contributed by atoms with Crippen LogP contribution in [-0.4, -0.2) is 21.2 Å². The van der Waals surface area contributed by atoms with Crippen molar-refractivity contribution in [3.05, 3.63) is 46.5 Å². The van der Waals surface area contributed by atoms with E-state index in [2.05, 4.69) is 5.32 Å². The number of carbonyl (C=O) groups excluding carboxylic acids is 1. The van der Waals surface area contributed by atoms with E-state index in [4.69, 9.17) is 4.74 Å². The third-order valence-corrected chi connectivity index (χ3v) is 5.91. The van der Waals surface area contributed by atoms with Crippen molar-refractivity contribution in [1.82, 2.24) is 5.32 Å². The Balaban J connectivity index is 2.30. The van der Waals surface area contributed by atoms with Crippen LogP contribution in [0.4, 0.5) is 0 Å². The van der Waals surface area contributed by atoms with Gasteiger partial charge in [0, 0.05) is 24.1 Å². The summed E-state index contributed by atoms with van der Waals surface area (Å²) in [6.45, 7) is 5.65. The lowest BCUT2D eigenvalue weighted by Gasteiger charge is -2.25. The first kappa shape index (κ1) is 17.6. The molecule has 0 radical (unpaired) electrons. The first-order valence-corrected chi connectivity index (χ1v) is 9.56. The summed E-state index contributed by atoms with van der Waals surface area (Å²) < 4.78 is 32.5. The summed E-state index contributed by atoms with van der Waals surface area (Å²) >= 11 is 0. The van der Waals surface area contributed by atoms with Crippen LogP contribution < -0.4 is 10.1 Å². The van der Waals surface area contributed by atoms with Crippen LogP contribution in [0.3, 0.4) is 0 Å². The SMILES string of the molecule is CNCc1cc(C)cc2c1Oc1c(CC(C)=O)cc(C)cc1S2(=O)=O. The fraction of sp³-hybridized carbons (Fsp3) is 0.316. The first-order valence-electron chi connectivity index (χ1n) is 8.08. The van der Waals surface area contributed by atoms with Crippen LogP contribution >= 0.6 is 0 Å². The lowest BCUT2D eigenvalue weighted by Crippen LogP contribution is -2.17. The van der Waals surface area contributed by atoms with Gasteiger partial charge in [0.25, 0.3) is 0 Å². The number of ketones is 1. The number of Topliss-reactive ketones (excluding diaryl/α,β-unsaturated/α-hetero) is 1. The normalized spacial score (nSPS) is 14.4. The predicted octanol–water partition coefficient (Wildman–Crippen LogP) is 3.09. The van der Waals surface area contributed by atoms with E-state index >= 15 is 0 Å². The average Bonchev–Trinajstić information content (AvgIpc) is 2.49. The molecule has 1 heterocycles. The molecule has 1 aliphatic rings. The maximum absolute atomic E-state index is 13.2. The highest BCUT2D eigenvalue weighted by Crippen LogP contribution is 2.47. The van der Waals surface area contributed by atoms with Crippen molar-refractivity contribution < 1.29 is 17.9 Å². The zero-order chi connectivity index (χ0) is 18.4. The number of rotatable bonds is 4. The number of sulfone groups is 1. The fourth-order valence-corrected chi connectivity index (χ4v) is 4.95. The van der Waals surface area contributed by atoms with Crippen LogP contribution in [0.15, 0.2) is 34.1 Å². The summed E-state index contributed by atoms with van der Waals surface area (Å²) in [6.07, 6.45) is 0.141. The molecule has 0 atom stereocenters. The van der Waals surface area contributed by atoms with Gasteiger partial charge in [0.1, 0.15) is 21.3 Å². The van der Waals surface area contributed by atoms with E-state index < -0.39 is 9.84 Å². The van der Waals surface area contributed by atoms with E-state index in [-0.39, 0.29) is 27.7 Å². The quantitative estimate of drug-likeness (QED) is 0.775. The Bertz CT molecular complexity index is 977. The zero-order valence-electron chi connectivity index (χ0n) is 14.8. The highest BCUT2D eigenvalue weighted by atomic mass is 32.2. The molecule has 0 unspecified atom stereocenters. The Kier molecular flexibility index (Phi) is 4.43. The third-order valence-electron chi connectivity index (χ3n) is 4.14. The van der Waals surface area contributed by atoms with Crippen molar-refractivity contribution in [3.63, 3.8) is 0 Å². The van der Waals surface area contributed by atoms with Crippen LogP contribution in [0.5, 0.6) is 11.5 Å². The highest BCUT2D eigenvalue weighted by Gasteiger charge is 2.35. The van der Waals surface area contributed by atoms with Gasteiger partial charge in [0.2, 0.25) is 9.84 Å². The smallest absolute Gasteiger partial charge is 0.213 e. The predicted molar refractivity (Wildman–Crippen MR) is 95.0 cm³/mol. The molecule has 0 aromatic heterocycles. The molecule has 0 spiro atoms. The molecule has 0 aliphatic carbocycles.